The summed E-state index contributed by atoms with van der Waals surface area (Å²) in [5.74, 6) is 1.70. The summed E-state index contributed by atoms with van der Waals surface area (Å²) >= 11 is 0. The number of urea groups is 1. The molecule has 158 valence electrons. The number of primary amides is 1. The number of halogens is 1. The number of nitrogens with zero attached hydrogens (tertiary/aromatic N) is 2. The van der Waals surface area contributed by atoms with Gasteiger partial charge >= 0.3 is 6.03 Å². The topological polar surface area (TPSA) is 95.9 Å². The molecule has 2 heterocycles. The number of piperidine rings is 1. The first-order chi connectivity index (χ1) is 13.6. The quantitative estimate of drug-likeness (QED) is 0.315. The molecule has 1 atom stereocenters. The smallest absolute Gasteiger partial charge is 0.314 e. The molecule has 0 spiro atoms. The molecule has 2 aromatic rings. The Bertz CT molecular complexity index is 759. The van der Waals surface area contributed by atoms with Crippen molar-refractivity contribution in [3.8, 4) is 0 Å². The van der Waals surface area contributed by atoms with Gasteiger partial charge in [-0.3, -0.25) is 4.99 Å². The molecule has 1 fully saturated rings. The van der Waals surface area contributed by atoms with Crippen molar-refractivity contribution >= 4 is 36.0 Å². The number of guanidine groups is 1. The van der Waals surface area contributed by atoms with Crippen molar-refractivity contribution in [2.24, 2.45) is 10.7 Å². The number of nitrogens with two attached hydrogens (primary N) is 1. The molecule has 1 aromatic carbocycles. The van der Waals surface area contributed by atoms with Gasteiger partial charge in [-0.05, 0) is 37.5 Å². The van der Waals surface area contributed by atoms with E-state index in [9.17, 15) is 4.79 Å². The van der Waals surface area contributed by atoms with Crippen LogP contribution in [0.25, 0.3) is 0 Å². The van der Waals surface area contributed by atoms with Crippen LogP contribution in [0.2, 0.25) is 0 Å². The summed E-state index contributed by atoms with van der Waals surface area (Å²) in [7, 11) is 0. The van der Waals surface area contributed by atoms with Crippen molar-refractivity contribution in [2.75, 3.05) is 19.6 Å². The van der Waals surface area contributed by atoms with Gasteiger partial charge in [0.15, 0.2) is 5.96 Å². The second kappa shape index (κ2) is 11.7. The van der Waals surface area contributed by atoms with Crippen LogP contribution in [0.4, 0.5) is 4.79 Å². The summed E-state index contributed by atoms with van der Waals surface area (Å²) < 4.78 is 5.39. The third-order valence-electron chi connectivity index (χ3n) is 5.01. The average Bonchev–Trinajstić information content (AvgIpc) is 3.22. The average molecular weight is 511 g/mol. The number of amides is 2. The van der Waals surface area contributed by atoms with E-state index in [2.05, 4.69) is 29.7 Å². The van der Waals surface area contributed by atoms with E-state index in [4.69, 9.17) is 15.1 Å². The van der Waals surface area contributed by atoms with E-state index in [1.807, 2.05) is 30.3 Å². The number of benzene rings is 1. The number of hydrogen-bond donors (Lipinski definition) is 3. The van der Waals surface area contributed by atoms with Crippen molar-refractivity contribution in [1.29, 1.82) is 0 Å². The van der Waals surface area contributed by atoms with E-state index < -0.39 is 0 Å². The summed E-state index contributed by atoms with van der Waals surface area (Å²) in [5.41, 5.74) is 6.58. The molecule has 1 unspecified atom stereocenters. The van der Waals surface area contributed by atoms with Crippen LogP contribution in [0.1, 0.15) is 37.1 Å². The summed E-state index contributed by atoms with van der Waals surface area (Å²) in [4.78, 5) is 17.8. The molecule has 2 amide bonds. The maximum atomic E-state index is 11.3. The molecule has 1 saturated heterocycles. The molecule has 7 nitrogen and oxygen atoms in total. The highest BCUT2D eigenvalue weighted by atomic mass is 127. The molecular formula is C21H30IN5O2. The van der Waals surface area contributed by atoms with Crippen molar-refractivity contribution in [3.05, 3.63) is 60.1 Å². The largest absolute Gasteiger partial charge is 0.469 e. The van der Waals surface area contributed by atoms with Gasteiger partial charge in [0.2, 0.25) is 0 Å². The van der Waals surface area contributed by atoms with E-state index in [0.29, 0.717) is 19.6 Å². The molecule has 29 heavy (non-hydrogen) atoms. The number of furan rings is 1. The molecule has 0 bridgehead atoms. The maximum absolute atomic E-state index is 11.3. The lowest BCUT2D eigenvalue weighted by Gasteiger charge is -2.32. The van der Waals surface area contributed by atoms with Crippen LogP contribution >= 0.6 is 24.0 Å². The Morgan fingerprint density at radius 3 is 2.59 bits per heavy atom. The fraction of sp³-hybridized carbons (Fsp3) is 0.429. The number of hydrogen-bond acceptors (Lipinski definition) is 3. The highest BCUT2D eigenvalue weighted by molar-refractivity contribution is 14.0. The van der Waals surface area contributed by atoms with Crippen LogP contribution in [0.15, 0.2) is 58.1 Å². The zero-order valence-corrected chi connectivity index (χ0v) is 19.0. The van der Waals surface area contributed by atoms with E-state index in [1.54, 1.807) is 11.2 Å². The first kappa shape index (κ1) is 23.1. The Balaban J connectivity index is 0.00000300. The zero-order chi connectivity index (χ0) is 19.8. The lowest BCUT2D eigenvalue weighted by molar-refractivity contribution is 0.188. The fourth-order valence-electron chi connectivity index (χ4n) is 3.33. The standard InChI is InChI=1S/C21H29N5O2.HI/c1-16(17-6-3-2-4-7-17)24-21(23-12-9-19-8-5-15-28-19)25-18-10-13-26(14-11-18)20(22)27;/h2-8,15-16,18H,9-14H2,1H3,(H2,22,27)(H2,23,24,25);1H. The molecular weight excluding hydrogens is 481 g/mol. The second-order valence-corrected chi connectivity index (χ2v) is 7.08. The molecule has 0 saturated carbocycles. The molecule has 1 aliphatic rings. The van der Waals surface area contributed by atoms with E-state index in [-0.39, 0.29) is 42.1 Å². The summed E-state index contributed by atoms with van der Waals surface area (Å²) in [6.07, 6.45) is 4.13. The molecule has 1 aromatic heterocycles. The van der Waals surface area contributed by atoms with Crippen LogP contribution in [0.3, 0.4) is 0 Å². The molecule has 1 aliphatic heterocycles. The number of rotatable bonds is 6. The van der Waals surface area contributed by atoms with Gasteiger partial charge in [-0.15, -0.1) is 24.0 Å². The predicted octanol–water partition coefficient (Wildman–Crippen LogP) is 3.28. The van der Waals surface area contributed by atoms with Crippen LogP contribution < -0.4 is 16.4 Å². The Hall–Kier alpha value is -2.23. The maximum Gasteiger partial charge on any atom is 0.314 e. The minimum Gasteiger partial charge on any atom is -0.469 e. The normalized spacial score (nSPS) is 16.0. The highest BCUT2D eigenvalue weighted by Gasteiger charge is 2.22. The Morgan fingerprint density at radius 1 is 1.24 bits per heavy atom. The zero-order valence-electron chi connectivity index (χ0n) is 16.7. The van der Waals surface area contributed by atoms with Crippen LogP contribution in [0.5, 0.6) is 0 Å². The lowest BCUT2D eigenvalue weighted by Crippen LogP contribution is -2.51. The summed E-state index contributed by atoms with van der Waals surface area (Å²) in [6, 6.07) is 14.2. The van der Waals surface area contributed by atoms with Gasteiger partial charge in [0, 0.05) is 32.1 Å². The molecule has 0 radical (unpaired) electrons. The molecule has 8 heteroatoms. The van der Waals surface area contributed by atoms with Crippen LogP contribution in [0, 0.1) is 0 Å². The highest BCUT2D eigenvalue weighted by Crippen LogP contribution is 2.13. The molecule has 4 N–H and O–H groups in total. The van der Waals surface area contributed by atoms with Gasteiger partial charge in [-0.2, -0.15) is 0 Å². The van der Waals surface area contributed by atoms with Gasteiger partial charge in [-0.1, -0.05) is 30.3 Å². The van der Waals surface area contributed by atoms with Gasteiger partial charge in [0.1, 0.15) is 5.76 Å². The third-order valence-corrected chi connectivity index (χ3v) is 5.01. The monoisotopic (exact) mass is 511 g/mol. The van der Waals surface area contributed by atoms with Gasteiger partial charge in [0.25, 0.3) is 0 Å². The van der Waals surface area contributed by atoms with E-state index in [0.717, 1.165) is 31.0 Å². The first-order valence-electron chi connectivity index (χ1n) is 9.81. The Morgan fingerprint density at radius 2 is 1.97 bits per heavy atom. The van der Waals surface area contributed by atoms with Crippen molar-refractivity contribution in [1.82, 2.24) is 15.5 Å². The lowest BCUT2D eigenvalue weighted by atomic mass is 10.1. The van der Waals surface area contributed by atoms with Crippen molar-refractivity contribution in [3.63, 3.8) is 0 Å². The van der Waals surface area contributed by atoms with Gasteiger partial charge < -0.3 is 25.7 Å². The Labute approximate surface area is 189 Å². The fourth-order valence-corrected chi connectivity index (χ4v) is 3.33. The minimum absolute atomic E-state index is 0. The third kappa shape index (κ3) is 7.26. The summed E-state index contributed by atoms with van der Waals surface area (Å²) in [5, 5.41) is 7.02. The second-order valence-electron chi connectivity index (χ2n) is 7.08. The number of aliphatic imine (C=N–C) groups is 1. The number of likely N-dealkylation sites (tertiary alicyclic amines) is 1. The molecule has 3 rings (SSSR count). The Kier molecular flexibility index (Phi) is 9.30. The molecule has 0 aliphatic carbocycles. The number of carbonyl (C=O) groups excluding carboxylic acids is 1. The van der Waals surface area contributed by atoms with Gasteiger partial charge in [-0.25, -0.2) is 4.79 Å². The van der Waals surface area contributed by atoms with E-state index >= 15 is 0 Å². The predicted molar refractivity (Wildman–Crippen MR) is 125 cm³/mol. The van der Waals surface area contributed by atoms with Crippen molar-refractivity contribution < 1.29 is 9.21 Å². The number of carbonyl (C=O) groups is 1. The van der Waals surface area contributed by atoms with Crippen LogP contribution in [-0.4, -0.2) is 42.6 Å². The summed E-state index contributed by atoms with van der Waals surface area (Å²) in [6.45, 7) is 4.08. The number of nitrogens with one attached hydrogen (secondary N) is 2. The van der Waals surface area contributed by atoms with E-state index in [1.165, 1.54) is 5.56 Å². The first-order valence-corrected chi connectivity index (χ1v) is 9.81. The van der Waals surface area contributed by atoms with Crippen molar-refractivity contribution in [2.45, 2.75) is 38.3 Å². The van der Waals surface area contributed by atoms with Crippen LogP contribution in [-0.2, 0) is 6.42 Å². The van der Waals surface area contributed by atoms with Gasteiger partial charge in [0.05, 0.1) is 12.3 Å². The minimum atomic E-state index is -0.346. The SMILES string of the molecule is CC(NC(=NCCc1ccco1)NC1CCN(C(N)=O)CC1)c1ccccc1.I.